The van der Waals surface area contributed by atoms with Crippen LogP contribution in [-0.4, -0.2) is 15.9 Å². The van der Waals surface area contributed by atoms with Crippen LogP contribution in [0.3, 0.4) is 0 Å². The average molecular weight is 372 g/mol. The molecule has 1 amide bonds. The van der Waals surface area contributed by atoms with Crippen LogP contribution in [0.2, 0.25) is 5.02 Å². The van der Waals surface area contributed by atoms with Crippen LogP contribution in [-0.2, 0) is 4.79 Å². The second-order valence-electron chi connectivity index (χ2n) is 4.62. The first-order valence-corrected chi connectivity index (χ1v) is 8.23. The Hall–Kier alpha value is -0.350. The number of para-hydroxylation sites is 1. The first-order chi connectivity index (χ1) is 9.84. The van der Waals surface area contributed by atoms with Crippen molar-refractivity contribution in [3.05, 3.63) is 29.3 Å². The summed E-state index contributed by atoms with van der Waals surface area (Å²) in [5.74, 6) is -0.167. The Morgan fingerprint density at radius 3 is 2.48 bits per heavy atom. The number of carbonyl (C=O) groups excluding carboxylic acids is 1. The fourth-order valence-electron chi connectivity index (χ4n) is 1.70. The van der Waals surface area contributed by atoms with Crippen molar-refractivity contribution in [1.82, 2.24) is 5.32 Å². The van der Waals surface area contributed by atoms with Gasteiger partial charge in [-0.25, -0.2) is 0 Å². The number of alkyl halides is 3. The maximum absolute atomic E-state index is 11.9. The molecule has 0 unspecified atom stereocenters. The Labute approximate surface area is 145 Å². The number of hydrogen-bond donors (Lipinski definition) is 2. The van der Waals surface area contributed by atoms with Crippen molar-refractivity contribution in [2.24, 2.45) is 0 Å². The van der Waals surface area contributed by atoms with Crippen molar-refractivity contribution >= 4 is 58.0 Å². The Bertz CT molecular complexity index is 463. The highest BCUT2D eigenvalue weighted by Crippen LogP contribution is 2.32. The molecule has 0 aliphatic rings. The van der Waals surface area contributed by atoms with Gasteiger partial charge < -0.3 is 10.6 Å². The molecule has 0 bridgehead atoms. The molecule has 1 rings (SSSR count). The molecule has 2 N–H and O–H groups in total. The lowest BCUT2D eigenvalue weighted by Gasteiger charge is -2.27. The fourth-order valence-corrected chi connectivity index (χ4v) is 2.22. The molecule has 0 aliphatic heterocycles. The van der Waals surface area contributed by atoms with E-state index < -0.39 is 9.96 Å². The van der Waals surface area contributed by atoms with Crippen LogP contribution >= 0.6 is 46.4 Å². The number of halogens is 4. The summed E-state index contributed by atoms with van der Waals surface area (Å²) in [7, 11) is 0. The maximum atomic E-state index is 11.9. The molecule has 1 atom stereocenters. The minimum Gasteiger partial charge on any atom is -0.361 e. The van der Waals surface area contributed by atoms with E-state index >= 15 is 0 Å². The van der Waals surface area contributed by atoms with Gasteiger partial charge in [0.15, 0.2) is 0 Å². The van der Waals surface area contributed by atoms with Crippen molar-refractivity contribution in [1.29, 1.82) is 0 Å². The van der Waals surface area contributed by atoms with Crippen molar-refractivity contribution in [3.63, 3.8) is 0 Å². The summed E-state index contributed by atoms with van der Waals surface area (Å²) in [6.07, 6.45) is 2.37. The summed E-state index contributed by atoms with van der Waals surface area (Å²) in [5.41, 5.74) is 0.587. The first-order valence-electron chi connectivity index (χ1n) is 6.71. The standard InChI is InChI=1S/C14H18Cl4N2O/c1-2-3-4-9-12(21)20-13(14(16,17)18)19-11-8-6-5-7-10(11)15/h5-8,13,19H,2-4,9H2,1H3,(H,20,21)/t13-/m0/s1. The van der Waals surface area contributed by atoms with Gasteiger partial charge in [0.1, 0.15) is 6.17 Å². The lowest BCUT2D eigenvalue weighted by molar-refractivity contribution is -0.121. The van der Waals surface area contributed by atoms with Crippen LogP contribution in [0.15, 0.2) is 24.3 Å². The smallest absolute Gasteiger partial charge is 0.228 e. The largest absolute Gasteiger partial charge is 0.361 e. The molecule has 0 radical (unpaired) electrons. The minimum absolute atomic E-state index is 0.167. The lowest BCUT2D eigenvalue weighted by atomic mass is 10.2. The molecule has 0 spiro atoms. The molecule has 3 nitrogen and oxygen atoms in total. The van der Waals surface area contributed by atoms with E-state index in [1.807, 2.05) is 0 Å². The predicted molar refractivity (Wildman–Crippen MR) is 91.4 cm³/mol. The second-order valence-corrected chi connectivity index (χ2v) is 7.40. The van der Waals surface area contributed by atoms with Crippen LogP contribution < -0.4 is 10.6 Å². The van der Waals surface area contributed by atoms with E-state index in [4.69, 9.17) is 46.4 Å². The minimum atomic E-state index is -1.69. The zero-order valence-corrected chi connectivity index (χ0v) is 14.7. The molecule has 0 saturated carbocycles. The van der Waals surface area contributed by atoms with E-state index in [0.29, 0.717) is 17.1 Å². The topological polar surface area (TPSA) is 41.1 Å². The Morgan fingerprint density at radius 2 is 1.90 bits per heavy atom. The van der Waals surface area contributed by atoms with Crippen LogP contribution in [0.5, 0.6) is 0 Å². The highest BCUT2D eigenvalue weighted by atomic mass is 35.6. The third-order valence-electron chi connectivity index (χ3n) is 2.81. The number of amides is 1. The zero-order valence-electron chi connectivity index (χ0n) is 11.6. The van der Waals surface area contributed by atoms with Crippen molar-refractivity contribution in [3.8, 4) is 0 Å². The Kier molecular flexibility index (Phi) is 7.96. The van der Waals surface area contributed by atoms with Crippen LogP contribution in [0, 0.1) is 0 Å². The summed E-state index contributed by atoms with van der Waals surface area (Å²) in [6.45, 7) is 2.07. The number of carbonyl (C=O) groups is 1. The highest BCUT2D eigenvalue weighted by molar-refractivity contribution is 6.68. The van der Waals surface area contributed by atoms with Crippen LogP contribution in [0.25, 0.3) is 0 Å². The summed E-state index contributed by atoms with van der Waals surface area (Å²) >= 11 is 23.8. The van der Waals surface area contributed by atoms with Gasteiger partial charge in [-0.2, -0.15) is 0 Å². The van der Waals surface area contributed by atoms with Gasteiger partial charge in [0.25, 0.3) is 0 Å². The Morgan fingerprint density at radius 1 is 1.24 bits per heavy atom. The third kappa shape index (κ3) is 6.96. The molecule has 1 aromatic rings. The molecule has 1 aromatic carbocycles. The fraction of sp³-hybridized carbons (Fsp3) is 0.500. The van der Waals surface area contributed by atoms with Gasteiger partial charge >= 0.3 is 0 Å². The number of benzene rings is 1. The molecular weight excluding hydrogens is 354 g/mol. The molecule has 0 aromatic heterocycles. The molecule has 0 saturated heterocycles. The maximum Gasteiger partial charge on any atom is 0.228 e. The SMILES string of the molecule is CCCCCC(=O)N[C@H](Nc1ccccc1Cl)C(Cl)(Cl)Cl. The van der Waals surface area contributed by atoms with E-state index in [2.05, 4.69) is 17.6 Å². The van der Waals surface area contributed by atoms with Crippen molar-refractivity contribution in [2.45, 2.75) is 42.6 Å². The highest BCUT2D eigenvalue weighted by Gasteiger charge is 2.34. The van der Waals surface area contributed by atoms with Gasteiger partial charge in [0.05, 0.1) is 10.7 Å². The molecule has 0 aliphatic carbocycles. The van der Waals surface area contributed by atoms with Crippen molar-refractivity contribution < 1.29 is 4.79 Å². The molecule has 0 fully saturated rings. The van der Waals surface area contributed by atoms with E-state index in [0.717, 1.165) is 19.3 Å². The van der Waals surface area contributed by atoms with Gasteiger partial charge in [0, 0.05) is 6.42 Å². The molecule has 118 valence electrons. The quantitative estimate of drug-likeness (QED) is 0.395. The van der Waals surface area contributed by atoms with E-state index in [-0.39, 0.29) is 5.91 Å². The summed E-state index contributed by atoms with van der Waals surface area (Å²) < 4.78 is -1.69. The molecule has 0 heterocycles. The average Bonchev–Trinajstić information content (AvgIpc) is 2.39. The molecule has 21 heavy (non-hydrogen) atoms. The lowest BCUT2D eigenvalue weighted by Crippen LogP contribution is -2.49. The Balaban J connectivity index is 2.69. The van der Waals surface area contributed by atoms with Gasteiger partial charge in [-0.3, -0.25) is 4.79 Å². The van der Waals surface area contributed by atoms with Crippen LogP contribution in [0.1, 0.15) is 32.6 Å². The molecule has 7 heteroatoms. The number of nitrogens with one attached hydrogen (secondary N) is 2. The number of hydrogen-bond acceptors (Lipinski definition) is 2. The van der Waals surface area contributed by atoms with E-state index in [1.165, 1.54) is 0 Å². The van der Waals surface area contributed by atoms with Gasteiger partial charge in [0.2, 0.25) is 9.70 Å². The third-order valence-corrected chi connectivity index (χ3v) is 3.80. The van der Waals surface area contributed by atoms with Crippen LogP contribution in [0.4, 0.5) is 5.69 Å². The first kappa shape index (κ1) is 18.7. The van der Waals surface area contributed by atoms with E-state index in [1.54, 1.807) is 24.3 Å². The van der Waals surface area contributed by atoms with Gasteiger partial charge in [-0.15, -0.1) is 0 Å². The summed E-state index contributed by atoms with van der Waals surface area (Å²) in [4.78, 5) is 11.9. The summed E-state index contributed by atoms with van der Waals surface area (Å²) in [6, 6.07) is 7.05. The number of unbranched alkanes of at least 4 members (excludes halogenated alkanes) is 2. The predicted octanol–water partition coefficient (Wildman–Crippen LogP) is 5.14. The number of rotatable bonds is 7. The van der Waals surface area contributed by atoms with Gasteiger partial charge in [-0.1, -0.05) is 78.3 Å². The monoisotopic (exact) mass is 370 g/mol. The number of anilines is 1. The summed E-state index contributed by atoms with van der Waals surface area (Å²) in [5, 5.41) is 6.12. The second kappa shape index (κ2) is 8.94. The normalized spacial score (nSPS) is 12.8. The van der Waals surface area contributed by atoms with E-state index in [9.17, 15) is 4.79 Å². The van der Waals surface area contributed by atoms with Crippen molar-refractivity contribution in [2.75, 3.05) is 5.32 Å². The van der Waals surface area contributed by atoms with Gasteiger partial charge in [-0.05, 0) is 18.6 Å². The molecular formula is C14H18Cl4N2O. The zero-order chi connectivity index (χ0) is 15.9.